The summed E-state index contributed by atoms with van der Waals surface area (Å²) in [7, 11) is 3.92. The lowest BCUT2D eigenvalue weighted by molar-refractivity contribution is 0.0929. The van der Waals surface area contributed by atoms with Crippen molar-refractivity contribution in [2.75, 3.05) is 47.0 Å². The monoisotopic (exact) mass is 461 g/mol. The maximum absolute atomic E-state index is 5.81. The summed E-state index contributed by atoms with van der Waals surface area (Å²) in [5.41, 5.74) is 1.21. The average molecular weight is 461 g/mol. The maximum atomic E-state index is 5.81. The van der Waals surface area contributed by atoms with E-state index in [0.29, 0.717) is 18.4 Å². The molecule has 1 aliphatic heterocycles. The third-order valence-electron chi connectivity index (χ3n) is 4.25. The van der Waals surface area contributed by atoms with E-state index in [0.717, 1.165) is 45.3 Å². The van der Waals surface area contributed by atoms with Crippen molar-refractivity contribution in [3.63, 3.8) is 0 Å². The number of hydrogen-bond donors (Lipinski definition) is 1. The molecule has 1 fully saturated rings. The molecule has 0 saturated carbocycles. The predicted octanol–water partition coefficient (Wildman–Crippen LogP) is 3.00. The fraction of sp³-hybridized carbons (Fsp3) is 0.632. The van der Waals surface area contributed by atoms with Crippen LogP contribution < -0.4 is 5.32 Å². The Labute approximate surface area is 169 Å². The van der Waals surface area contributed by atoms with Gasteiger partial charge >= 0.3 is 0 Å². The number of nitrogens with one attached hydrogen (secondary N) is 1. The van der Waals surface area contributed by atoms with Gasteiger partial charge in [0.05, 0.1) is 19.8 Å². The standard InChI is InChI=1S/C19H31N3O2.HI/c1-16(13-24-14-17-7-5-4-6-8-17)11-21-19(20-2)22(3)12-18-9-10-23-15-18;/h4-8,16,18H,9-15H2,1-3H3,(H,20,21);1H. The molecule has 25 heavy (non-hydrogen) atoms. The number of ether oxygens (including phenoxy) is 2. The highest BCUT2D eigenvalue weighted by Crippen LogP contribution is 2.13. The van der Waals surface area contributed by atoms with Gasteiger partial charge in [-0.15, -0.1) is 24.0 Å². The van der Waals surface area contributed by atoms with E-state index >= 15 is 0 Å². The SMILES string of the molecule is CN=C(NCC(C)COCc1ccccc1)N(C)CC1CCOC1.I. The van der Waals surface area contributed by atoms with Gasteiger partial charge in [-0.3, -0.25) is 4.99 Å². The first-order valence-electron chi connectivity index (χ1n) is 8.80. The molecule has 2 unspecified atom stereocenters. The van der Waals surface area contributed by atoms with Gasteiger partial charge < -0.3 is 19.7 Å². The van der Waals surface area contributed by atoms with Crippen molar-refractivity contribution < 1.29 is 9.47 Å². The van der Waals surface area contributed by atoms with Crippen LogP contribution >= 0.6 is 24.0 Å². The number of nitrogens with zero attached hydrogens (tertiary/aromatic N) is 2. The van der Waals surface area contributed by atoms with Crippen molar-refractivity contribution >= 4 is 29.9 Å². The van der Waals surface area contributed by atoms with Crippen LogP contribution in [0.15, 0.2) is 35.3 Å². The van der Waals surface area contributed by atoms with E-state index in [1.54, 1.807) is 0 Å². The van der Waals surface area contributed by atoms with Crippen molar-refractivity contribution in [1.82, 2.24) is 10.2 Å². The minimum Gasteiger partial charge on any atom is -0.381 e. The third-order valence-corrected chi connectivity index (χ3v) is 4.25. The molecular weight excluding hydrogens is 429 g/mol. The average Bonchev–Trinajstić information content (AvgIpc) is 3.09. The third kappa shape index (κ3) is 8.37. The van der Waals surface area contributed by atoms with Gasteiger partial charge in [-0.05, 0) is 17.9 Å². The van der Waals surface area contributed by atoms with Crippen LogP contribution in [-0.4, -0.2) is 57.9 Å². The van der Waals surface area contributed by atoms with Crippen LogP contribution in [0.3, 0.4) is 0 Å². The van der Waals surface area contributed by atoms with Gasteiger partial charge in [0.15, 0.2) is 5.96 Å². The molecule has 0 bridgehead atoms. The summed E-state index contributed by atoms with van der Waals surface area (Å²) >= 11 is 0. The Balaban J connectivity index is 0.00000312. The fourth-order valence-corrected chi connectivity index (χ4v) is 2.86. The van der Waals surface area contributed by atoms with E-state index in [1.807, 2.05) is 25.2 Å². The molecule has 6 heteroatoms. The minimum atomic E-state index is 0. The molecule has 0 amide bonds. The molecule has 0 spiro atoms. The smallest absolute Gasteiger partial charge is 0.193 e. The first kappa shape index (κ1) is 22.2. The predicted molar refractivity (Wildman–Crippen MR) is 114 cm³/mol. The molecule has 1 aromatic rings. The van der Waals surface area contributed by atoms with E-state index in [4.69, 9.17) is 9.47 Å². The highest BCUT2D eigenvalue weighted by Gasteiger charge is 2.19. The second-order valence-electron chi connectivity index (χ2n) is 6.64. The first-order chi connectivity index (χ1) is 11.7. The van der Waals surface area contributed by atoms with E-state index in [1.165, 1.54) is 5.56 Å². The van der Waals surface area contributed by atoms with E-state index in [2.05, 4.69) is 41.3 Å². The van der Waals surface area contributed by atoms with E-state index < -0.39 is 0 Å². The minimum absolute atomic E-state index is 0. The van der Waals surface area contributed by atoms with Gasteiger partial charge in [0.25, 0.3) is 0 Å². The molecular formula is C19H32IN3O2. The normalized spacial score (nSPS) is 18.5. The maximum Gasteiger partial charge on any atom is 0.193 e. The van der Waals surface area contributed by atoms with Crippen LogP contribution in [0.1, 0.15) is 18.9 Å². The Morgan fingerprint density at radius 3 is 2.80 bits per heavy atom. The Bertz CT molecular complexity index is 493. The van der Waals surface area contributed by atoms with E-state index in [9.17, 15) is 0 Å². The molecule has 0 aliphatic carbocycles. The summed E-state index contributed by atoms with van der Waals surface area (Å²) in [4.78, 5) is 6.57. The molecule has 1 saturated heterocycles. The van der Waals surface area contributed by atoms with Crippen molar-refractivity contribution in [3.05, 3.63) is 35.9 Å². The first-order valence-corrected chi connectivity index (χ1v) is 8.80. The number of guanidine groups is 1. The quantitative estimate of drug-likeness (QED) is 0.368. The summed E-state index contributed by atoms with van der Waals surface area (Å²) in [5.74, 6) is 1.98. The molecule has 1 aromatic carbocycles. The summed E-state index contributed by atoms with van der Waals surface area (Å²) in [5, 5.41) is 3.45. The number of aliphatic imine (C=N–C) groups is 1. The van der Waals surface area contributed by atoms with Crippen LogP contribution in [0, 0.1) is 11.8 Å². The van der Waals surface area contributed by atoms with Crippen molar-refractivity contribution in [2.45, 2.75) is 20.0 Å². The summed E-state index contributed by atoms with van der Waals surface area (Å²) in [6.07, 6.45) is 1.14. The Hall–Kier alpha value is -0.860. The number of benzene rings is 1. The highest BCUT2D eigenvalue weighted by molar-refractivity contribution is 14.0. The molecule has 0 aromatic heterocycles. The van der Waals surface area contributed by atoms with Gasteiger partial charge in [0, 0.05) is 39.7 Å². The second-order valence-corrected chi connectivity index (χ2v) is 6.64. The largest absolute Gasteiger partial charge is 0.381 e. The van der Waals surface area contributed by atoms with Crippen LogP contribution in [0.2, 0.25) is 0 Å². The molecule has 5 nitrogen and oxygen atoms in total. The van der Waals surface area contributed by atoms with Crippen molar-refractivity contribution in [2.24, 2.45) is 16.8 Å². The summed E-state index contributed by atoms with van der Waals surface area (Å²) in [6, 6.07) is 10.3. The lowest BCUT2D eigenvalue weighted by Gasteiger charge is -2.25. The number of rotatable bonds is 8. The lowest BCUT2D eigenvalue weighted by Crippen LogP contribution is -2.43. The summed E-state index contributed by atoms with van der Waals surface area (Å²) in [6.45, 7) is 7.19. The van der Waals surface area contributed by atoms with Crippen molar-refractivity contribution in [3.8, 4) is 0 Å². The zero-order chi connectivity index (χ0) is 17.2. The Kier molecular flexibility index (Phi) is 11.1. The molecule has 0 radical (unpaired) electrons. The van der Waals surface area contributed by atoms with Crippen LogP contribution in [0.5, 0.6) is 0 Å². The van der Waals surface area contributed by atoms with Crippen LogP contribution in [0.25, 0.3) is 0 Å². The summed E-state index contributed by atoms with van der Waals surface area (Å²) < 4.78 is 11.3. The Morgan fingerprint density at radius 2 is 2.16 bits per heavy atom. The number of halogens is 1. The Morgan fingerprint density at radius 1 is 1.40 bits per heavy atom. The lowest BCUT2D eigenvalue weighted by atomic mass is 10.1. The highest BCUT2D eigenvalue weighted by atomic mass is 127. The molecule has 1 aliphatic rings. The van der Waals surface area contributed by atoms with Crippen molar-refractivity contribution in [1.29, 1.82) is 0 Å². The van der Waals surface area contributed by atoms with E-state index in [-0.39, 0.29) is 24.0 Å². The van der Waals surface area contributed by atoms with Gasteiger partial charge in [-0.1, -0.05) is 37.3 Å². The van der Waals surface area contributed by atoms with Gasteiger partial charge in [0.1, 0.15) is 0 Å². The molecule has 1 heterocycles. The molecule has 1 N–H and O–H groups in total. The zero-order valence-corrected chi connectivity index (χ0v) is 17.9. The van der Waals surface area contributed by atoms with Gasteiger partial charge in [-0.25, -0.2) is 0 Å². The molecule has 2 atom stereocenters. The molecule has 2 rings (SSSR count). The number of hydrogen-bond acceptors (Lipinski definition) is 3. The topological polar surface area (TPSA) is 46.1 Å². The van der Waals surface area contributed by atoms with Gasteiger partial charge in [0.2, 0.25) is 0 Å². The van der Waals surface area contributed by atoms with Crippen LogP contribution in [0.4, 0.5) is 0 Å². The molecule has 142 valence electrons. The zero-order valence-electron chi connectivity index (χ0n) is 15.6. The van der Waals surface area contributed by atoms with Crippen LogP contribution in [-0.2, 0) is 16.1 Å². The second kappa shape index (κ2) is 12.5. The van der Waals surface area contributed by atoms with Gasteiger partial charge in [-0.2, -0.15) is 0 Å². The fourth-order valence-electron chi connectivity index (χ4n) is 2.86.